The van der Waals surface area contributed by atoms with E-state index in [4.69, 9.17) is 4.74 Å². The molecule has 0 saturated carbocycles. The van der Waals surface area contributed by atoms with E-state index in [1.165, 1.54) is 12.8 Å². The van der Waals surface area contributed by atoms with Crippen LogP contribution in [0.5, 0.6) is 0 Å². The summed E-state index contributed by atoms with van der Waals surface area (Å²) < 4.78 is 17.9. The maximum atomic E-state index is 13.0. The van der Waals surface area contributed by atoms with Gasteiger partial charge in [0, 0.05) is 38.5 Å². The first-order chi connectivity index (χ1) is 9.78. The summed E-state index contributed by atoms with van der Waals surface area (Å²) >= 11 is 0. The minimum absolute atomic E-state index is 0.567. The molecule has 1 unspecified atom stereocenters. The lowest BCUT2D eigenvalue weighted by Gasteiger charge is -2.14. The van der Waals surface area contributed by atoms with E-state index in [9.17, 15) is 4.39 Å². The molecule has 0 aromatic carbocycles. The molecular weight excluding hydrogens is 255 g/mol. The zero-order chi connectivity index (χ0) is 14.2. The molecule has 0 spiro atoms. The summed E-state index contributed by atoms with van der Waals surface area (Å²) in [6.45, 7) is 6.31. The molecule has 0 bridgehead atoms. The molecule has 0 aliphatic carbocycles. The van der Waals surface area contributed by atoms with Gasteiger partial charge in [0.25, 0.3) is 0 Å². The van der Waals surface area contributed by atoms with Gasteiger partial charge in [-0.2, -0.15) is 0 Å². The SMILES string of the molecule is C1CCOC1.CCc1cccc(CN2CCC(F)C2)n1. The third-order valence-corrected chi connectivity index (χ3v) is 3.65. The smallest absolute Gasteiger partial charge is 0.114 e. The normalized spacial score (nSPS) is 22.6. The van der Waals surface area contributed by atoms with Gasteiger partial charge in [0.2, 0.25) is 0 Å². The van der Waals surface area contributed by atoms with Gasteiger partial charge in [-0.05, 0) is 37.8 Å². The topological polar surface area (TPSA) is 25.4 Å². The van der Waals surface area contributed by atoms with Crippen LogP contribution in [0.1, 0.15) is 37.6 Å². The molecule has 0 radical (unpaired) electrons. The zero-order valence-corrected chi connectivity index (χ0v) is 12.4. The first-order valence-electron chi connectivity index (χ1n) is 7.67. The maximum Gasteiger partial charge on any atom is 0.114 e. The van der Waals surface area contributed by atoms with E-state index in [1.54, 1.807) is 0 Å². The minimum Gasteiger partial charge on any atom is -0.381 e. The van der Waals surface area contributed by atoms with Gasteiger partial charge in [-0.1, -0.05) is 13.0 Å². The lowest BCUT2D eigenvalue weighted by molar-refractivity contribution is 0.198. The summed E-state index contributed by atoms with van der Waals surface area (Å²) in [4.78, 5) is 6.65. The predicted octanol–water partition coefficient (Wildman–Crippen LogP) is 2.98. The number of hydrogen-bond acceptors (Lipinski definition) is 3. The van der Waals surface area contributed by atoms with Gasteiger partial charge >= 0.3 is 0 Å². The van der Waals surface area contributed by atoms with E-state index >= 15 is 0 Å². The summed E-state index contributed by atoms with van der Waals surface area (Å²) in [6, 6.07) is 6.08. The van der Waals surface area contributed by atoms with Gasteiger partial charge < -0.3 is 4.74 Å². The Morgan fingerprint density at radius 2 is 2.05 bits per heavy atom. The van der Waals surface area contributed by atoms with Crippen LogP contribution in [0.4, 0.5) is 4.39 Å². The van der Waals surface area contributed by atoms with Crippen LogP contribution in [0.15, 0.2) is 18.2 Å². The molecule has 2 aliphatic heterocycles. The number of aryl methyl sites for hydroxylation is 1. The number of hydrogen-bond donors (Lipinski definition) is 0. The molecule has 0 amide bonds. The fraction of sp³-hybridized carbons (Fsp3) is 0.688. The second-order valence-corrected chi connectivity index (χ2v) is 5.41. The third kappa shape index (κ3) is 5.17. The summed E-state index contributed by atoms with van der Waals surface area (Å²) in [5.41, 5.74) is 2.17. The van der Waals surface area contributed by atoms with Crippen molar-refractivity contribution >= 4 is 0 Å². The van der Waals surface area contributed by atoms with Crippen molar-refractivity contribution < 1.29 is 9.13 Å². The Bertz CT molecular complexity index is 388. The molecule has 4 heteroatoms. The highest BCUT2D eigenvalue weighted by Crippen LogP contribution is 2.14. The largest absolute Gasteiger partial charge is 0.381 e. The molecule has 2 aliphatic rings. The van der Waals surface area contributed by atoms with Crippen molar-refractivity contribution in [2.75, 3.05) is 26.3 Å². The number of nitrogens with zero attached hydrogens (tertiary/aromatic N) is 2. The van der Waals surface area contributed by atoms with E-state index in [-0.39, 0.29) is 0 Å². The molecule has 1 atom stereocenters. The number of likely N-dealkylation sites (tertiary alicyclic amines) is 1. The highest BCUT2D eigenvalue weighted by molar-refractivity contribution is 5.11. The summed E-state index contributed by atoms with van der Waals surface area (Å²) in [7, 11) is 0. The van der Waals surface area contributed by atoms with Crippen molar-refractivity contribution in [1.29, 1.82) is 0 Å². The number of rotatable bonds is 3. The number of ether oxygens (including phenoxy) is 1. The Morgan fingerprint density at radius 3 is 2.60 bits per heavy atom. The van der Waals surface area contributed by atoms with Gasteiger partial charge in [-0.3, -0.25) is 9.88 Å². The lowest BCUT2D eigenvalue weighted by atomic mass is 10.2. The standard InChI is InChI=1S/C12H17FN2.C4H8O/c1-2-11-4-3-5-12(14-11)9-15-7-6-10(13)8-15;1-2-4-5-3-1/h3-5,10H,2,6-9H2,1H3;1-4H2. The van der Waals surface area contributed by atoms with Crippen molar-refractivity contribution in [3.8, 4) is 0 Å². The number of halogens is 1. The maximum absolute atomic E-state index is 13.0. The number of pyridine rings is 1. The molecular formula is C16H25FN2O. The van der Waals surface area contributed by atoms with Crippen LogP contribution < -0.4 is 0 Å². The van der Waals surface area contributed by atoms with E-state index in [1.807, 2.05) is 18.2 Å². The average molecular weight is 280 g/mol. The Balaban J connectivity index is 0.000000247. The van der Waals surface area contributed by atoms with Crippen LogP contribution in [0.3, 0.4) is 0 Å². The van der Waals surface area contributed by atoms with Crippen LogP contribution in [-0.2, 0) is 17.7 Å². The van der Waals surface area contributed by atoms with Crippen LogP contribution >= 0.6 is 0 Å². The fourth-order valence-corrected chi connectivity index (χ4v) is 2.48. The van der Waals surface area contributed by atoms with Crippen LogP contribution in [-0.4, -0.2) is 42.4 Å². The number of alkyl halides is 1. The first-order valence-corrected chi connectivity index (χ1v) is 7.67. The molecule has 20 heavy (non-hydrogen) atoms. The molecule has 2 saturated heterocycles. The Hall–Kier alpha value is -1.00. The van der Waals surface area contributed by atoms with Crippen molar-refractivity contribution in [3.63, 3.8) is 0 Å². The monoisotopic (exact) mass is 280 g/mol. The van der Waals surface area contributed by atoms with Gasteiger partial charge in [0.15, 0.2) is 0 Å². The lowest BCUT2D eigenvalue weighted by Crippen LogP contribution is -2.21. The van der Waals surface area contributed by atoms with Crippen molar-refractivity contribution in [3.05, 3.63) is 29.6 Å². The minimum atomic E-state index is -0.639. The van der Waals surface area contributed by atoms with Crippen molar-refractivity contribution in [2.45, 2.75) is 45.3 Å². The summed E-state index contributed by atoms with van der Waals surface area (Å²) in [5, 5.41) is 0. The van der Waals surface area contributed by atoms with E-state index < -0.39 is 6.17 Å². The summed E-state index contributed by atoms with van der Waals surface area (Å²) in [6.07, 6.45) is 3.55. The molecule has 1 aromatic rings. The predicted molar refractivity (Wildman–Crippen MR) is 78.5 cm³/mol. The van der Waals surface area contributed by atoms with E-state index in [0.29, 0.717) is 13.0 Å². The fourth-order valence-electron chi connectivity index (χ4n) is 2.48. The van der Waals surface area contributed by atoms with Gasteiger partial charge in [0.1, 0.15) is 6.17 Å². The molecule has 112 valence electrons. The zero-order valence-electron chi connectivity index (χ0n) is 12.4. The van der Waals surface area contributed by atoms with Gasteiger partial charge in [-0.15, -0.1) is 0 Å². The highest BCUT2D eigenvalue weighted by Gasteiger charge is 2.21. The van der Waals surface area contributed by atoms with Gasteiger partial charge in [-0.25, -0.2) is 4.39 Å². The first kappa shape index (κ1) is 15.4. The molecule has 2 fully saturated rings. The summed E-state index contributed by atoms with van der Waals surface area (Å²) in [5.74, 6) is 0. The molecule has 0 N–H and O–H groups in total. The van der Waals surface area contributed by atoms with Crippen LogP contribution in [0.2, 0.25) is 0 Å². The Labute approximate surface area is 121 Å². The third-order valence-electron chi connectivity index (χ3n) is 3.65. The van der Waals surface area contributed by atoms with Crippen LogP contribution in [0.25, 0.3) is 0 Å². The molecule has 3 heterocycles. The van der Waals surface area contributed by atoms with Crippen molar-refractivity contribution in [2.24, 2.45) is 0 Å². The molecule has 1 aromatic heterocycles. The average Bonchev–Trinajstić information content (AvgIpc) is 3.14. The second-order valence-electron chi connectivity index (χ2n) is 5.41. The molecule has 3 rings (SSSR count). The van der Waals surface area contributed by atoms with E-state index in [0.717, 1.165) is 44.1 Å². The van der Waals surface area contributed by atoms with Crippen LogP contribution in [0, 0.1) is 0 Å². The number of aromatic nitrogens is 1. The Morgan fingerprint density at radius 1 is 1.30 bits per heavy atom. The Kier molecular flexibility index (Phi) is 6.40. The van der Waals surface area contributed by atoms with Gasteiger partial charge in [0.05, 0.1) is 5.69 Å². The quantitative estimate of drug-likeness (QED) is 0.851. The highest BCUT2D eigenvalue weighted by atomic mass is 19.1. The van der Waals surface area contributed by atoms with Crippen molar-refractivity contribution in [1.82, 2.24) is 9.88 Å². The van der Waals surface area contributed by atoms with E-state index in [2.05, 4.69) is 16.8 Å². The second kappa shape index (κ2) is 8.32. The molecule has 3 nitrogen and oxygen atoms in total.